The number of benzene rings is 1. The fourth-order valence-corrected chi connectivity index (χ4v) is 5.36. The summed E-state index contributed by atoms with van der Waals surface area (Å²) in [5.74, 6) is 1.50. The van der Waals surface area contributed by atoms with Crippen molar-refractivity contribution in [3.63, 3.8) is 0 Å². The number of carbonyl (C=O) groups is 1. The van der Waals surface area contributed by atoms with Crippen molar-refractivity contribution in [2.75, 3.05) is 11.5 Å². The quantitative estimate of drug-likeness (QED) is 0.566. The Kier molecular flexibility index (Phi) is 5.33. The summed E-state index contributed by atoms with van der Waals surface area (Å²) in [6.07, 6.45) is 5.06. The van der Waals surface area contributed by atoms with Gasteiger partial charge in [0.25, 0.3) is 5.91 Å². The third-order valence-corrected chi connectivity index (χ3v) is 6.84. The molecule has 1 aliphatic heterocycles. The van der Waals surface area contributed by atoms with Gasteiger partial charge in [0.2, 0.25) is 0 Å². The Hall–Kier alpha value is -3.00. The summed E-state index contributed by atoms with van der Waals surface area (Å²) in [7, 11) is 0. The predicted octanol–water partition coefficient (Wildman–Crippen LogP) is 4.58. The molecule has 0 bridgehead atoms. The van der Waals surface area contributed by atoms with Crippen LogP contribution in [0.25, 0.3) is 0 Å². The van der Waals surface area contributed by atoms with E-state index in [9.17, 15) is 4.79 Å². The monoisotopic (exact) mass is 450 g/mol. The Morgan fingerprint density at radius 1 is 1.19 bits per heavy atom. The van der Waals surface area contributed by atoms with Gasteiger partial charge in [-0.3, -0.25) is 4.79 Å². The number of anilines is 2. The average molecular weight is 451 g/mol. The number of amides is 1. The van der Waals surface area contributed by atoms with Crippen molar-refractivity contribution in [2.24, 2.45) is 0 Å². The smallest absolute Gasteiger partial charge is 0.272 e. The molecule has 7 nitrogen and oxygen atoms in total. The molecule has 1 aromatic carbocycles. The van der Waals surface area contributed by atoms with E-state index in [1.54, 1.807) is 17.4 Å². The highest BCUT2D eigenvalue weighted by molar-refractivity contribution is 7.16. The summed E-state index contributed by atoms with van der Waals surface area (Å²) >= 11 is 1.56. The molecule has 0 N–H and O–H groups in total. The van der Waals surface area contributed by atoms with Gasteiger partial charge in [0, 0.05) is 16.9 Å². The van der Waals surface area contributed by atoms with Crippen molar-refractivity contribution >= 4 is 28.2 Å². The second kappa shape index (κ2) is 8.16. The molecule has 166 valence electrons. The number of thiazole rings is 1. The van der Waals surface area contributed by atoms with E-state index in [1.807, 2.05) is 45.0 Å². The zero-order valence-corrected chi connectivity index (χ0v) is 19.4. The van der Waals surface area contributed by atoms with Crippen LogP contribution in [0.4, 0.5) is 10.9 Å². The lowest BCUT2D eigenvalue weighted by atomic mass is 10.0. The third kappa shape index (κ3) is 4.07. The van der Waals surface area contributed by atoms with Gasteiger partial charge < -0.3 is 9.47 Å². The Bertz CT molecular complexity index is 1130. The molecule has 3 aromatic rings. The van der Waals surface area contributed by atoms with Crippen LogP contribution in [0.2, 0.25) is 0 Å². The maximum absolute atomic E-state index is 13.4. The predicted molar refractivity (Wildman–Crippen MR) is 123 cm³/mol. The number of nitrogens with zero attached hydrogens (tertiary/aromatic N) is 4. The van der Waals surface area contributed by atoms with Crippen LogP contribution >= 0.6 is 11.3 Å². The van der Waals surface area contributed by atoms with E-state index in [-0.39, 0.29) is 18.1 Å². The molecule has 0 unspecified atom stereocenters. The summed E-state index contributed by atoms with van der Waals surface area (Å²) in [6.45, 7) is 5.81. The summed E-state index contributed by atoms with van der Waals surface area (Å²) in [5, 5.41) is 9.02. The number of fused-ring (bicyclic) bond motifs is 2. The molecule has 0 spiro atoms. The van der Waals surface area contributed by atoms with Gasteiger partial charge >= 0.3 is 0 Å². The van der Waals surface area contributed by atoms with E-state index in [0.717, 1.165) is 54.8 Å². The van der Waals surface area contributed by atoms with Crippen LogP contribution in [0, 0.1) is 6.92 Å². The molecule has 0 saturated heterocycles. The number of ether oxygens (including phenoxy) is 2. The Balaban J connectivity index is 1.41. The first-order valence-electron chi connectivity index (χ1n) is 11.0. The van der Waals surface area contributed by atoms with Gasteiger partial charge in [-0.05, 0) is 64.7 Å². The number of hydrogen-bond acceptors (Lipinski definition) is 7. The first kappa shape index (κ1) is 20.9. The molecule has 1 aliphatic carbocycles. The molecule has 0 radical (unpaired) electrons. The molecule has 3 heterocycles. The second-order valence-electron chi connectivity index (χ2n) is 8.91. The van der Waals surface area contributed by atoms with Crippen molar-refractivity contribution < 1.29 is 14.3 Å². The van der Waals surface area contributed by atoms with Crippen LogP contribution in [0.1, 0.15) is 48.5 Å². The first-order chi connectivity index (χ1) is 15.4. The number of aromatic nitrogens is 3. The maximum Gasteiger partial charge on any atom is 0.272 e. The topological polar surface area (TPSA) is 77.4 Å². The SMILES string of the molecule is Cc1ccc(N(C(=O)COc2cccc3c2OC(C)(C)C3)c2nc3c(s2)CCCC3)nn1. The van der Waals surface area contributed by atoms with Crippen LogP contribution in [0.3, 0.4) is 0 Å². The molecule has 8 heteroatoms. The summed E-state index contributed by atoms with van der Waals surface area (Å²) in [5.41, 5.74) is 2.69. The molecule has 0 fully saturated rings. The van der Waals surface area contributed by atoms with Gasteiger partial charge in [-0.15, -0.1) is 16.4 Å². The maximum atomic E-state index is 13.4. The minimum absolute atomic E-state index is 0.153. The molecule has 1 amide bonds. The number of rotatable bonds is 5. The van der Waals surface area contributed by atoms with E-state index in [2.05, 4.69) is 10.2 Å². The van der Waals surface area contributed by atoms with Gasteiger partial charge in [-0.1, -0.05) is 12.1 Å². The molecule has 2 aromatic heterocycles. The minimum atomic E-state index is -0.282. The van der Waals surface area contributed by atoms with Crippen LogP contribution < -0.4 is 14.4 Å². The zero-order chi connectivity index (χ0) is 22.3. The first-order valence-corrected chi connectivity index (χ1v) is 11.8. The molecular weight excluding hydrogens is 424 g/mol. The highest BCUT2D eigenvalue weighted by atomic mass is 32.1. The van der Waals surface area contributed by atoms with Crippen LogP contribution in [0.5, 0.6) is 11.5 Å². The Morgan fingerprint density at radius 2 is 2.03 bits per heavy atom. The molecule has 2 aliphatic rings. The minimum Gasteiger partial charge on any atom is -0.483 e. The highest BCUT2D eigenvalue weighted by Crippen LogP contribution is 2.42. The van der Waals surface area contributed by atoms with E-state index in [1.165, 1.54) is 9.78 Å². The molecule has 0 atom stereocenters. The van der Waals surface area contributed by atoms with Gasteiger partial charge in [0.05, 0.1) is 11.4 Å². The number of para-hydroxylation sites is 1. The number of hydrogen-bond donors (Lipinski definition) is 0. The van der Waals surface area contributed by atoms with Crippen molar-refractivity contribution in [1.29, 1.82) is 0 Å². The van der Waals surface area contributed by atoms with Gasteiger partial charge in [-0.25, -0.2) is 9.88 Å². The number of aryl methyl sites for hydroxylation is 3. The zero-order valence-electron chi connectivity index (χ0n) is 18.6. The Morgan fingerprint density at radius 3 is 2.81 bits per heavy atom. The lowest BCUT2D eigenvalue weighted by Crippen LogP contribution is -2.32. The van der Waals surface area contributed by atoms with Gasteiger partial charge in [0.1, 0.15) is 5.60 Å². The molecule has 0 saturated carbocycles. The largest absolute Gasteiger partial charge is 0.483 e. The normalized spacial score (nSPS) is 16.1. The fourth-order valence-electron chi connectivity index (χ4n) is 4.18. The lowest BCUT2D eigenvalue weighted by molar-refractivity contribution is -0.119. The summed E-state index contributed by atoms with van der Waals surface area (Å²) in [4.78, 5) is 21.0. The number of carbonyl (C=O) groups excluding carboxylic acids is 1. The molecule has 32 heavy (non-hydrogen) atoms. The average Bonchev–Trinajstić information content (AvgIpc) is 3.33. The van der Waals surface area contributed by atoms with Crippen LogP contribution in [-0.2, 0) is 24.1 Å². The van der Waals surface area contributed by atoms with E-state index in [0.29, 0.717) is 16.7 Å². The second-order valence-corrected chi connectivity index (χ2v) is 9.97. The molecular formula is C24H26N4O3S. The van der Waals surface area contributed by atoms with Crippen molar-refractivity contribution in [3.05, 3.63) is 52.2 Å². The van der Waals surface area contributed by atoms with Crippen LogP contribution in [-0.4, -0.2) is 33.3 Å². The van der Waals surface area contributed by atoms with Gasteiger partial charge in [0.15, 0.2) is 29.1 Å². The van der Waals surface area contributed by atoms with E-state index in [4.69, 9.17) is 14.5 Å². The van der Waals surface area contributed by atoms with E-state index >= 15 is 0 Å². The highest BCUT2D eigenvalue weighted by Gasteiger charge is 2.33. The Labute approximate surface area is 191 Å². The fraction of sp³-hybridized carbons (Fsp3) is 0.417. The molecule has 5 rings (SSSR count). The lowest BCUT2D eigenvalue weighted by Gasteiger charge is -2.20. The van der Waals surface area contributed by atoms with Gasteiger partial charge in [-0.2, -0.15) is 5.10 Å². The van der Waals surface area contributed by atoms with Crippen molar-refractivity contribution in [1.82, 2.24) is 15.2 Å². The summed E-state index contributed by atoms with van der Waals surface area (Å²) in [6, 6.07) is 9.45. The standard InChI is InChI=1S/C24H26N4O3S/c1-15-11-12-20(27-26-15)28(23-25-17-8-4-5-10-19(17)32-23)21(29)14-30-18-9-6-7-16-13-24(2,3)31-22(16)18/h6-7,9,11-12H,4-5,8,10,13-14H2,1-3H3. The third-order valence-electron chi connectivity index (χ3n) is 5.69. The van der Waals surface area contributed by atoms with E-state index < -0.39 is 0 Å². The van der Waals surface area contributed by atoms with Crippen molar-refractivity contribution in [3.8, 4) is 11.5 Å². The van der Waals surface area contributed by atoms with Crippen molar-refractivity contribution in [2.45, 2.75) is 58.5 Å². The summed E-state index contributed by atoms with van der Waals surface area (Å²) < 4.78 is 12.0. The van der Waals surface area contributed by atoms with Crippen LogP contribution in [0.15, 0.2) is 30.3 Å².